The number of urea groups is 1. The van der Waals surface area contributed by atoms with Crippen molar-refractivity contribution in [1.29, 1.82) is 0 Å². The topological polar surface area (TPSA) is 44.8 Å². The van der Waals surface area contributed by atoms with Crippen molar-refractivity contribution in [3.63, 3.8) is 0 Å². The number of morpholine rings is 1. The molecule has 1 aromatic rings. The van der Waals surface area contributed by atoms with Crippen LogP contribution in [-0.2, 0) is 11.3 Å². The summed E-state index contributed by atoms with van der Waals surface area (Å²) in [7, 11) is 0. The summed E-state index contributed by atoms with van der Waals surface area (Å²) in [4.78, 5) is 16.9. The summed E-state index contributed by atoms with van der Waals surface area (Å²) in [5, 5.41) is 3.09. The van der Waals surface area contributed by atoms with Crippen LogP contribution in [0.15, 0.2) is 24.3 Å². The summed E-state index contributed by atoms with van der Waals surface area (Å²) in [5.74, 6) is 0. The van der Waals surface area contributed by atoms with Gasteiger partial charge in [-0.1, -0.05) is 29.8 Å². The van der Waals surface area contributed by atoms with Crippen LogP contribution in [0.4, 0.5) is 4.79 Å². The van der Waals surface area contributed by atoms with Crippen molar-refractivity contribution in [1.82, 2.24) is 15.1 Å². The zero-order chi connectivity index (χ0) is 16.1. The van der Waals surface area contributed by atoms with E-state index in [1.54, 1.807) is 0 Å². The van der Waals surface area contributed by atoms with Gasteiger partial charge in [-0.25, -0.2) is 4.79 Å². The second-order valence-electron chi connectivity index (χ2n) is 6.53. The molecule has 1 saturated carbocycles. The van der Waals surface area contributed by atoms with E-state index in [0.717, 1.165) is 45.7 Å². The molecule has 23 heavy (non-hydrogen) atoms. The third-order valence-corrected chi connectivity index (χ3v) is 4.49. The number of hydrogen-bond donors (Lipinski definition) is 1. The molecule has 5 heteroatoms. The van der Waals surface area contributed by atoms with E-state index in [2.05, 4.69) is 41.4 Å². The molecule has 0 bridgehead atoms. The number of nitrogens with one attached hydrogen (secondary N) is 1. The van der Waals surface area contributed by atoms with E-state index < -0.39 is 0 Å². The van der Waals surface area contributed by atoms with Crippen LogP contribution >= 0.6 is 0 Å². The van der Waals surface area contributed by atoms with Crippen molar-refractivity contribution in [3.05, 3.63) is 35.4 Å². The standard InChI is InChI=1S/C18H27N3O2/c1-15-3-2-4-16(13-15)14-21(17-5-6-17)18(22)19-7-8-20-9-11-23-12-10-20/h2-4,13,17H,5-12,14H2,1H3,(H,19,22). The Labute approximate surface area is 138 Å². The first kappa shape index (κ1) is 16.3. The monoisotopic (exact) mass is 317 g/mol. The summed E-state index contributed by atoms with van der Waals surface area (Å²) in [6.45, 7) is 7.93. The van der Waals surface area contributed by atoms with Gasteiger partial charge in [-0.05, 0) is 25.3 Å². The number of hydrogen-bond acceptors (Lipinski definition) is 3. The van der Waals surface area contributed by atoms with Crippen LogP contribution < -0.4 is 5.32 Å². The van der Waals surface area contributed by atoms with Gasteiger partial charge in [0.2, 0.25) is 0 Å². The Morgan fingerprint density at radius 1 is 1.35 bits per heavy atom. The van der Waals surface area contributed by atoms with E-state index >= 15 is 0 Å². The zero-order valence-corrected chi connectivity index (χ0v) is 14.0. The van der Waals surface area contributed by atoms with Gasteiger partial charge in [0, 0.05) is 38.8 Å². The number of carbonyl (C=O) groups is 1. The van der Waals surface area contributed by atoms with Gasteiger partial charge in [-0.15, -0.1) is 0 Å². The van der Waals surface area contributed by atoms with Crippen molar-refractivity contribution in [2.24, 2.45) is 0 Å². The average molecular weight is 317 g/mol. The maximum absolute atomic E-state index is 12.5. The van der Waals surface area contributed by atoms with Crippen LogP contribution in [0.2, 0.25) is 0 Å². The molecule has 1 heterocycles. The molecule has 0 aromatic heterocycles. The van der Waals surface area contributed by atoms with Gasteiger partial charge in [0.05, 0.1) is 13.2 Å². The number of aryl methyl sites for hydroxylation is 1. The summed E-state index contributed by atoms with van der Waals surface area (Å²) in [6, 6.07) is 8.90. The van der Waals surface area contributed by atoms with Crippen LogP contribution in [0, 0.1) is 6.92 Å². The molecule has 1 saturated heterocycles. The number of ether oxygens (including phenoxy) is 1. The van der Waals surface area contributed by atoms with Gasteiger partial charge in [-0.3, -0.25) is 4.90 Å². The fourth-order valence-corrected chi connectivity index (χ4v) is 3.01. The Morgan fingerprint density at radius 3 is 2.83 bits per heavy atom. The number of carbonyl (C=O) groups excluding carboxylic acids is 1. The molecular formula is C18H27N3O2. The zero-order valence-electron chi connectivity index (χ0n) is 14.0. The third kappa shape index (κ3) is 4.94. The molecule has 2 amide bonds. The maximum Gasteiger partial charge on any atom is 0.317 e. The van der Waals surface area contributed by atoms with Gasteiger partial charge in [0.1, 0.15) is 0 Å². The van der Waals surface area contributed by atoms with Gasteiger partial charge < -0.3 is 15.0 Å². The predicted molar refractivity (Wildman–Crippen MR) is 90.4 cm³/mol. The smallest absolute Gasteiger partial charge is 0.317 e. The number of amides is 2. The highest BCUT2D eigenvalue weighted by atomic mass is 16.5. The Balaban J connectivity index is 1.48. The Kier molecular flexibility index (Phi) is 5.51. The highest BCUT2D eigenvalue weighted by molar-refractivity contribution is 5.75. The Hall–Kier alpha value is -1.59. The molecule has 0 spiro atoms. The van der Waals surface area contributed by atoms with E-state index in [1.807, 2.05) is 4.90 Å². The minimum Gasteiger partial charge on any atom is -0.379 e. The average Bonchev–Trinajstić information content (AvgIpc) is 3.38. The second-order valence-corrected chi connectivity index (χ2v) is 6.53. The van der Waals surface area contributed by atoms with E-state index in [9.17, 15) is 4.79 Å². The molecular weight excluding hydrogens is 290 g/mol. The quantitative estimate of drug-likeness (QED) is 0.873. The van der Waals surface area contributed by atoms with Crippen LogP contribution in [0.3, 0.4) is 0 Å². The van der Waals surface area contributed by atoms with E-state index in [-0.39, 0.29) is 6.03 Å². The molecule has 1 aromatic carbocycles. The van der Waals surface area contributed by atoms with Crippen molar-refractivity contribution in [2.45, 2.75) is 32.4 Å². The summed E-state index contributed by atoms with van der Waals surface area (Å²) in [5.41, 5.74) is 2.45. The lowest BCUT2D eigenvalue weighted by atomic mass is 10.1. The summed E-state index contributed by atoms with van der Waals surface area (Å²) in [6.07, 6.45) is 2.26. The van der Waals surface area contributed by atoms with Gasteiger partial charge in [-0.2, -0.15) is 0 Å². The molecule has 2 fully saturated rings. The minimum atomic E-state index is 0.0715. The van der Waals surface area contributed by atoms with Crippen LogP contribution in [-0.4, -0.2) is 61.3 Å². The van der Waals surface area contributed by atoms with Crippen LogP contribution in [0.25, 0.3) is 0 Å². The van der Waals surface area contributed by atoms with E-state index in [4.69, 9.17) is 4.74 Å². The molecule has 0 unspecified atom stereocenters. The highest BCUT2D eigenvalue weighted by Gasteiger charge is 2.32. The summed E-state index contributed by atoms with van der Waals surface area (Å²) < 4.78 is 5.34. The van der Waals surface area contributed by atoms with Crippen molar-refractivity contribution < 1.29 is 9.53 Å². The van der Waals surface area contributed by atoms with Crippen molar-refractivity contribution >= 4 is 6.03 Å². The first-order valence-corrected chi connectivity index (χ1v) is 8.62. The molecule has 0 atom stereocenters. The molecule has 5 nitrogen and oxygen atoms in total. The SMILES string of the molecule is Cc1cccc(CN(C(=O)NCCN2CCOCC2)C2CC2)c1. The fraction of sp³-hybridized carbons (Fsp3) is 0.611. The first-order valence-electron chi connectivity index (χ1n) is 8.62. The number of benzene rings is 1. The molecule has 2 aliphatic rings. The number of rotatable bonds is 6. The molecule has 0 radical (unpaired) electrons. The largest absolute Gasteiger partial charge is 0.379 e. The third-order valence-electron chi connectivity index (χ3n) is 4.49. The second kappa shape index (κ2) is 7.79. The van der Waals surface area contributed by atoms with Gasteiger partial charge in [0.25, 0.3) is 0 Å². The van der Waals surface area contributed by atoms with Crippen LogP contribution in [0.1, 0.15) is 24.0 Å². The lowest BCUT2D eigenvalue weighted by Gasteiger charge is -2.28. The summed E-state index contributed by atoms with van der Waals surface area (Å²) >= 11 is 0. The Morgan fingerprint density at radius 2 is 2.13 bits per heavy atom. The predicted octanol–water partition coefficient (Wildman–Crippen LogP) is 2.00. The lowest BCUT2D eigenvalue weighted by Crippen LogP contribution is -2.45. The van der Waals surface area contributed by atoms with E-state index in [0.29, 0.717) is 19.1 Å². The molecule has 1 N–H and O–H groups in total. The van der Waals surface area contributed by atoms with Crippen molar-refractivity contribution in [3.8, 4) is 0 Å². The van der Waals surface area contributed by atoms with Crippen molar-refractivity contribution in [2.75, 3.05) is 39.4 Å². The maximum atomic E-state index is 12.5. The molecule has 1 aliphatic heterocycles. The molecule has 3 rings (SSSR count). The molecule has 126 valence electrons. The van der Waals surface area contributed by atoms with Gasteiger partial charge >= 0.3 is 6.03 Å². The fourth-order valence-electron chi connectivity index (χ4n) is 3.01. The first-order chi connectivity index (χ1) is 11.2. The van der Waals surface area contributed by atoms with Gasteiger partial charge in [0.15, 0.2) is 0 Å². The highest BCUT2D eigenvalue weighted by Crippen LogP contribution is 2.28. The Bertz CT molecular complexity index is 525. The molecule has 1 aliphatic carbocycles. The number of nitrogens with zero attached hydrogens (tertiary/aromatic N) is 2. The lowest BCUT2D eigenvalue weighted by molar-refractivity contribution is 0.0385. The van der Waals surface area contributed by atoms with Crippen LogP contribution in [0.5, 0.6) is 0 Å². The minimum absolute atomic E-state index is 0.0715. The normalized spacial score (nSPS) is 18.7. The van der Waals surface area contributed by atoms with E-state index in [1.165, 1.54) is 11.1 Å².